The SMILES string of the molecule is C[C@H](N)c1cc(F)ccc1-n1ncc2ccccc21. The van der Waals surface area contributed by atoms with E-state index in [0.717, 1.165) is 22.2 Å². The second kappa shape index (κ2) is 4.48. The molecule has 3 aromatic rings. The van der Waals surface area contributed by atoms with Crippen LogP contribution in [-0.4, -0.2) is 9.78 Å². The molecule has 4 heteroatoms. The molecule has 3 rings (SSSR count). The predicted molar refractivity (Wildman–Crippen MR) is 73.6 cm³/mol. The van der Waals surface area contributed by atoms with Crippen molar-refractivity contribution in [2.45, 2.75) is 13.0 Å². The molecule has 0 aliphatic rings. The summed E-state index contributed by atoms with van der Waals surface area (Å²) >= 11 is 0. The summed E-state index contributed by atoms with van der Waals surface area (Å²) in [6, 6.07) is 12.3. The standard InChI is InChI=1S/C15H14FN3/c1-10(17)13-8-12(16)6-7-15(13)19-14-5-3-2-4-11(14)9-18-19/h2-10H,17H2,1H3/t10-/m0/s1. The number of rotatable bonds is 2. The van der Waals surface area contributed by atoms with Crippen LogP contribution in [-0.2, 0) is 0 Å². The van der Waals surface area contributed by atoms with Crippen molar-refractivity contribution < 1.29 is 4.39 Å². The maximum absolute atomic E-state index is 13.4. The van der Waals surface area contributed by atoms with Crippen molar-refractivity contribution in [3.05, 3.63) is 60.0 Å². The first-order valence-corrected chi connectivity index (χ1v) is 6.15. The molecule has 2 aromatic carbocycles. The minimum Gasteiger partial charge on any atom is -0.324 e. The van der Waals surface area contributed by atoms with Gasteiger partial charge in [-0.1, -0.05) is 18.2 Å². The Morgan fingerprint density at radius 3 is 2.79 bits per heavy atom. The Kier molecular flexibility index (Phi) is 2.80. The van der Waals surface area contributed by atoms with Gasteiger partial charge >= 0.3 is 0 Å². The lowest BCUT2D eigenvalue weighted by Gasteiger charge is -2.13. The van der Waals surface area contributed by atoms with Crippen molar-refractivity contribution >= 4 is 10.9 Å². The fraction of sp³-hybridized carbons (Fsp3) is 0.133. The Hall–Kier alpha value is -2.20. The molecule has 0 unspecified atom stereocenters. The lowest BCUT2D eigenvalue weighted by Crippen LogP contribution is -2.11. The molecule has 0 bridgehead atoms. The van der Waals surface area contributed by atoms with E-state index in [2.05, 4.69) is 5.10 Å². The highest BCUT2D eigenvalue weighted by atomic mass is 19.1. The Labute approximate surface area is 110 Å². The van der Waals surface area contributed by atoms with Gasteiger partial charge in [-0.05, 0) is 36.8 Å². The van der Waals surface area contributed by atoms with Crippen LogP contribution in [0.15, 0.2) is 48.7 Å². The molecular formula is C15H14FN3. The average molecular weight is 255 g/mol. The molecule has 0 aliphatic carbocycles. The molecule has 1 heterocycles. The molecule has 0 spiro atoms. The number of para-hydroxylation sites is 1. The van der Waals surface area contributed by atoms with Crippen LogP contribution in [0.25, 0.3) is 16.6 Å². The van der Waals surface area contributed by atoms with Gasteiger partial charge in [0, 0.05) is 11.4 Å². The molecule has 1 aromatic heterocycles. The van der Waals surface area contributed by atoms with E-state index < -0.39 is 0 Å². The third-order valence-electron chi connectivity index (χ3n) is 3.19. The van der Waals surface area contributed by atoms with Crippen molar-refractivity contribution in [2.24, 2.45) is 5.73 Å². The van der Waals surface area contributed by atoms with E-state index in [1.165, 1.54) is 12.1 Å². The van der Waals surface area contributed by atoms with Crippen LogP contribution in [0.2, 0.25) is 0 Å². The van der Waals surface area contributed by atoms with Crippen LogP contribution in [0.5, 0.6) is 0 Å². The molecule has 2 N–H and O–H groups in total. The number of benzene rings is 2. The molecule has 1 atom stereocenters. The van der Waals surface area contributed by atoms with Gasteiger partial charge in [0.15, 0.2) is 0 Å². The van der Waals surface area contributed by atoms with Gasteiger partial charge in [-0.2, -0.15) is 5.10 Å². The van der Waals surface area contributed by atoms with Gasteiger partial charge in [0.2, 0.25) is 0 Å². The molecule has 0 amide bonds. The van der Waals surface area contributed by atoms with Crippen molar-refractivity contribution in [3.63, 3.8) is 0 Å². The van der Waals surface area contributed by atoms with Gasteiger partial charge in [-0.25, -0.2) is 9.07 Å². The lowest BCUT2D eigenvalue weighted by atomic mass is 10.1. The Morgan fingerprint density at radius 1 is 1.21 bits per heavy atom. The predicted octanol–water partition coefficient (Wildman–Crippen LogP) is 3.18. The van der Waals surface area contributed by atoms with Crippen LogP contribution >= 0.6 is 0 Å². The first-order valence-electron chi connectivity index (χ1n) is 6.15. The summed E-state index contributed by atoms with van der Waals surface area (Å²) in [6.45, 7) is 1.84. The van der Waals surface area contributed by atoms with Crippen LogP contribution in [0, 0.1) is 5.82 Å². The molecule has 96 valence electrons. The van der Waals surface area contributed by atoms with Gasteiger partial charge in [0.25, 0.3) is 0 Å². The first kappa shape index (κ1) is 11.9. The quantitative estimate of drug-likeness (QED) is 0.764. The largest absolute Gasteiger partial charge is 0.324 e. The summed E-state index contributed by atoms with van der Waals surface area (Å²) < 4.78 is 15.2. The van der Waals surface area contributed by atoms with E-state index in [9.17, 15) is 4.39 Å². The number of hydrogen-bond donors (Lipinski definition) is 1. The Bertz CT molecular complexity index is 731. The van der Waals surface area contributed by atoms with E-state index >= 15 is 0 Å². The molecule has 0 aliphatic heterocycles. The maximum Gasteiger partial charge on any atom is 0.123 e. The van der Waals surface area contributed by atoms with Gasteiger partial charge in [0.05, 0.1) is 17.4 Å². The number of halogens is 1. The second-order valence-electron chi connectivity index (χ2n) is 4.61. The van der Waals surface area contributed by atoms with Crippen LogP contribution in [0.4, 0.5) is 4.39 Å². The van der Waals surface area contributed by atoms with Crippen molar-refractivity contribution in [3.8, 4) is 5.69 Å². The second-order valence-corrected chi connectivity index (χ2v) is 4.61. The number of hydrogen-bond acceptors (Lipinski definition) is 2. The van der Waals surface area contributed by atoms with Crippen molar-refractivity contribution in [2.75, 3.05) is 0 Å². The molecular weight excluding hydrogens is 241 g/mol. The highest BCUT2D eigenvalue weighted by Crippen LogP contribution is 2.24. The third kappa shape index (κ3) is 2.00. The van der Waals surface area contributed by atoms with E-state index in [1.54, 1.807) is 16.9 Å². The monoisotopic (exact) mass is 255 g/mol. The number of aromatic nitrogens is 2. The summed E-state index contributed by atoms with van der Waals surface area (Å²) in [5, 5.41) is 5.42. The molecule has 0 radical (unpaired) electrons. The molecule has 19 heavy (non-hydrogen) atoms. The van der Waals surface area contributed by atoms with E-state index in [1.807, 2.05) is 31.2 Å². The van der Waals surface area contributed by atoms with Crippen molar-refractivity contribution in [1.29, 1.82) is 0 Å². The van der Waals surface area contributed by atoms with E-state index in [0.29, 0.717) is 0 Å². The molecule has 0 saturated heterocycles. The van der Waals surface area contributed by atoms with E-state index in [-0.39, 0.29) is 11.9 Å². The number of nitrogens with zero attached hydrogens (tertiary/aromatic N) is 2. The van der Waals surface area contributed by atoms with Crippen molar-refractivity contribution in [1.82, 2.24) is 9.78 Å². The minimum absolute atomic E-state index is 0.256. The minimum atomic E-state index is -0.285. The lowest BCUT2D eigenvalue weighted by molar-refractivity contribution is 0.620. The topological polar surface area (TPSA) is 43.8 Å². The van der Waals surface area contributed by atoms with Gasteiger partial charge in [-0.15, -0.1) is 0 Å². The highest BCUT2D eigenvalue weighted by Gasteiger charge is 2.12. The zero-order chi connectivity index (χ0) is 13.4. The summed E-state index contributed by atoms with van der Waals surface area (Å²) in [6.07, 6.45) is 1.80. The molecule has 0 saturated carbocycles. The van der Waals surface area contributed by atoms with Gasteiger partial charge < -0.3 is 5.73 Å². The van der Waals surface area contributed by atoms with Gasteiger partial charge in [0.1, 0.15) is 5.82 Å². The molecule has 0 fully saturated rings. The first-order chi connectivity index (χ1) is 9.16. The fourth-order valence-electron chi connectivity index (χ4n) is 2.25. The van der Waals surface area contributed by atoms with Crippen LogP contribution in [0.3, 0.4) is 0 Å². The summed E-state index contributed by atoms with van der Waals surface area (Å²) in [5.74, 6) is -0.285. The summed E-state index contributed by atoms with van der Waals surface area (Å²) in [5.41, 5.74) is 8.47. The zero-order valence-corrected chi connectivity index (χ0v) is 10.5. The third-order valence-corrected chi connectivity index (χ3v) is 3.19. The fourth-order valence-corrected chi connectivity index (χ4v) is 2.25. The normalized spacial score (nSPS) is 12.8. The summed E-state index contributed by atoms with van der Waals surface area (Å²) in [7, 11) is 0. The van der Waals surface area contributed by atoms with Crippen LogP contribution in [0.1, 0.15) is 18.5 Å². The maximum atomic E-state index is 13.4. The zero-order valence-electron chi connectivity index (χ0n) is 10.5. The van der Waals surface area contributed by atoms with Crippen LogP contribution < -0.4 is 5.73 Å². The highest BCUT2D eigenvalue weighted by molar-refractivity contribution is 5.80. The smallest absolute Gasteiger partial charge is 0.123 e. The number of fused-ring (bicyclic) bond motifs is 1. The van der Waals surface area contributed by atoms with E-state index in [4.69, 9.17) is 5.73 Å². The van der Waals surface area contributed by atoms with Gasteiger partial charge in [-0.3, -0.25) is 0 Å². The number of nitrogens with two attached hydrogens (primary N) is 1. The average Bonchev–Trinajstić information content (AvgIpc) is 2.82. The summed E-state index contributed by atoms with van der Waals surface area (Å²) in [4.78, 5) is 0. The Morgan fingerprint density at radius 2 is 2.00 bits per heavy atom. The Balaban J connectivity index is 2.27. The molecule has 3 nitrogen and oxygen atoms in total.